The zero-order chi connectivity index (χ0) is 12.2. The zero-order valence-electron chi connectivity index (χ0n) is 10.7. The molecule has 1 rings (SSSR count). The van der Waals surface area contributed by atoms with Gasteiger partial charge in [-0.3, -0.25) is 4.79 Å². The van der Waals surface area contributed by atoms with Gasteiger partial charge in [-0.25, -0.2) is 0 Å². The molecule has 1 saturated heterocycles. The molecule has 0 amide bonds. The molecule has 1 aliphatic heterocycles. The number of carbonyl (C=O) groups excluding carboxylic acids is 1. The number of methoxy groups -OCH3 is 1. The highest BCUT2D eigenvalue weighted by Crippen LogP contribution is 2.17. The van der Waals surface area contributed by atoms with E-state index >= 15 is 0 Å². The van der Waals surface area contributed by atoms with Gasteiger partial charge in [0.15, 0.2) is 0 Å². The van der Waals surface area contributed by atoms with E-state index in [0.29, 0.717) is 6.42 Å². The number of ether oxygens (including phenoxy) is 1. The van der Waals surface area contributed by atoms with E-state index in [1.165, 1.54) is 20.0 Å². The van der Waals surface area contributed by atoms with Gasteiger partial charge in [-0.15, -0.1) is 0 Å². The maximum atomic E-state index is 11.4. The van der Waals surface area contributed by atoms with Gasteiger partial charge >= 0.3 is 5.97 Å². The number of hydrogen-bond acceptors (Lipinski definition) is 4. The van der Waals surface area contributed by atoms with Crippen LogP contribution in [0.25, 0.3) is 0 Å². The lowest BCUT2D eigenvalue weighted by Crippen LogP contribution is -2.49. The van der Waals surface area contributed by atoms with Crippen LogP contribution in [0.3, 0.4) is 0 Å². The maximum absolute atomic E-state index is 11.4. The van der Waals surface area contributed by atoms with Crippen molar-refractivity contribution in [3.63, 3.8) is 0 Å². The van der Waals surface area contributed by atoms with Crippen molar-refractivity contribution in [3.05, 3.63) is 0 Å². The monoisotopic (exact) mass is 228 g/mol. The van der Waals surface area contributed by atoms with Gasteiger partial charge in [-0.05, 0) is 38.6 Å². The Morgan fingerprint density at radius 3 is 2.88 bits per heavy atom. The standard InChI is InChI=1S/C12H24N2O2/c1-10-5-4-7-14(9-10)8-6-12(2,13)11(15)16-3/h10H,4-9,13H2,1-3H3. The molecule has 2 atom stereocenters. The second-order valence-corrected chi connectivity index (χ2v) is 5.21. The van der Waals surface area contributed by atoms with E-state index < -0.39 is 5.54 Å². The Hall–Kier alpha value is -0.610. The summed E-state index contributed by atoms with van der Waals surface area (Å²) in [5, 5.41) is 0. The summed E-state index contributed by atoms with van der Waals surface area (Å²) in [6.45, 7) is 7.14. The lowest BCUT2D eigenvalue weighted by atomic mass is 9.96. The number of rotatable bonds is 4. The lowest BCUT2D eigenvalue weighted by molar-refractivity contribution is -0.146. The van der Waals surface area contributed by atoms with Crippen molar-refractivity contribution in [2.75, 3.05) is 26.7 Å². The Kier molecular flexibility index (Phi) is 4.74. The van der Waals surface area contributed by atoms with Gasteiger partial charge in [0.2, 0.25) is 0 Å². The molecule has 0 radical (unpaired) electrons. The number of nitrogens with zero attached hydrogens (tertiary/aromatic N) is 1. The smallest absolute Gasteiger partial charge is 0.325 e. The number of carbonyl (C=O) groups is 1. The molecule has 2 unspecified atom stereocenters. The minimum atomic E-state index is -0.852. The third-order valence-electron chi connectivity index (χ3n) is 3.34. The average molecular weight is 228 g/mol. The molecule has 1 fully saturated rings. The van der Waals surface area contributed by atoms with Crippen LogP contribution in [0.15, 0.2) is 0 Å². The average Bonchev–Trinajstić information content (AvgIpc) is 2.25. The number of esters is 1. The van der Waals surface area contributed by atoms with Gasteiger partial charge in [-0.1, -0.05) is 6.92 Å². The van der Waals surface area contributed by atoms with Crippen LogP contribution in [0.4, 0.5) is 0 Å². The third kappa shape index (κ3) is 3.76. The van der Waals surface area contributed by atoms with Crippen LogP contribution in [0.2, 0.25) is 0 Å². The Balaban J connectivity index is 2.35. The second kappa shape index (κ2) is 5.64. The molecule has 1 aliphatic rings. The summed E-state index contributed by atoms with van der Waals surface area (Å²) in [5.74, 6) is 0.438. The molecule has 0 aromatic rings. The van der Waals surface area contributed by atoms with E-state index in [1.54, 1.807) is 6.92 Å². The molecular formula is C12H24N2O2. The summed E-state index contributed by atoms with van der Waals surface area (Å²) >= 11 is 0. The Morgan fingerprint density at radius 2 is 2.31 bits per heavy atom. The number of hydrogen-bond donors (Lipinski definition) is 1. The fraction of sp³-hybridized carbons (Fsp3) is 0.917. The van der Waals surface area contributed by atoms with E-state index in [2.05, 4.69) is 11.8 Å². The van der Waals surface area contributed by atoms with Gasteiger partial charge in [0.25, 0.3) is 0 Å². The molecule has 0 spiro atoms. The Labute approximate surface area is 98.1 Å². The summed E-state index contributed by atoms with van der Waals surface area (Å²) < 4.78 is 4.69. The van der Waals surface area contributed by atoms with Crippen LogP contribution < -0.4 is 5.73 Å². The van der Waals surface area contributed by atoms with E-state index in [1.807, 2.05) is 0 Å². The van der Waals surface area contributed by atoms with Crippen LogP contribution in [-0.2, 0) is 9.53 Å². The van der Waals surface area contributed by atoms with E-state index in [0.717, 1.165) is 25.6 Å². The fourth-order valence-corrected chi connectivity index (χ4v) is 2.22. The van der Waals surface area contributed by atoms with Crippen LogP contribution in [0, 0.1) is 5.92 Å². The van der Waals surface area contributed by atoms with Crippen molar-refractivity contribution in [2.45, 2.75) is 38.6 Å². The molecule has 0 aromatic carbocycles. The molecule has 2 N–H and O–H groups in total. The Bertz CT molecular complexity index is 241. The molecular weight excluding hydrogens is 204 g/mol. The van der Waals surface area contributed by atoms with Crippen molar-refractivity contribution >= 4 is 5.97 Å². The van der Waals surface area contributed by atoms with Crippen LogP contribution in [-0.4, -0.2) is 43.2 Å². The van der Waals surface area contributed by atoms with Gasteiger partial charge in [0.1, 0.15) is 5.54 Å². The van der Waals surface area contributed by atoms with Crippen LogP contribution in [0.5, 0.6) is 0 Å². The molecule has 94 valence electrons. The van der Waals surface area contributed by atoms with Crippen molar-refractivity contribution in [1.29, 1.82) is 0 Å². The summed E-state index contributed by atoms with van der Waals surface area (Å²) in [7, 11) is 1.39. The quantitative estimate of drug-likeness (QED) is 0.729. The third-order valence-corrected chi connectivity index (χ3v) is 3.34. The molecule has 0 aliphatic carbocycles. The SMILES string of the molecule is COC(=O)C(C)(N)CCN1CCCC(C)C1. The largest absolute Gasteiger partial charge is 0.468 e. The number of likely N-dealkylation sites (tertiary alicyclic amines) is 1. The summed E-state index contributed by atoms with van der Waals surface area (Å²) in [6, 6.07) is 0. The highest BCUT2D eigenvalue weighted by Gasteiger charge is 2.30. The lowest BCUT2D eigenvalue weighted by Gasteiger charge is -2.33. The highest BCUT2D eigenvalue weighted by atomic mass is 16.5. The number of nitrogens with two attached hydrogens (primary N) is 1. The molecule has 1 heterocycles. The van der Waals surface area contributed by atoms with Gasteiger partial charge < -0.3 is 15.4 Å². The topological polar surface area (TPSA) is 55.6 Å². The molecule has 4 heteroatoms. The van der Waals surface area contributed by atoms with Crippen molar-refractivity contribution in [3.8, 4) is 0 Å². The predicted octanol–water partition coefficient (Wildman–Crippen LogP) is 0.999. The van der Waals surface area contributed by atoms with Gasteiger partial charge in [0, 0.05) is 13.1 Å². The first-order valence-electron chi connectivity index (χ1n) is 6.05. The maximum Gasteiger partial charge on any atom is 0.325 e. The Morgan fingerprint density at radius 1 is 1.62 bits per heavy atom. The molecule has 0 saturated carbocycles. The van der Waals surface area contributed by atoms with E-state index in [4.69, 9.17) is 10.5 Å². The van der Waals surface area contributed by atoms with E-state index in [9.17, 15) is 4.79 Å². The fourth-order valence-electron chi connectivity index (χ4n) is 2.22. The van der Waals surface area contributed by atoms with Gasteiger partial charge in [0.05, 0.1) is 7.11 Å². The van der Waals surface area contributed by atoms with Crippen LogP contribution in [0.1, 0.15) is 33.1 Å². The summed E-state index contributed by atoms with van der Waals surface area (Å²) in [4.78, 5) is 13.8. The zero-order valence-corrected chi connectivity index (χ0v) is 10.7. The van der Waals surface area contributed by atoms with Crippen molar-refractivity contribution < 1.29 is 9.53 Å². The number of piperidine rings is 1. The molecule has 0 bridgehead atoms. The first-order valence-corrected chi connectivity index (χ1v) is 6.05. The molecule has 16 heavy (non-hydrogen) atoms. The molecule has 4 nitrogen and oxygen atoms in total. The minimum absolute atomic E-state index is 0.322. The summed E-state index contributed by atoms with van der Waals surface area (Å²) in [6.07, 6.45) is 3.22. The minimum Gasteiger partial charge on any atom is -0.468 e. The van der Waals surface area contributed by atoms with E-state index in [-0.39, 0.29) is 5.97 Å². The van der Waals surface area contributed by atoms with Crippen molar-refractivity contribution in [1.82, 2.24) is 4.90 Å². The highest BCUT2D eigenvalue weighted by molar-refractivity contribution is 5.79. The van der Waals surface area contributed by atoms with Crippen LogP contribution >= 0.6 is 0 Å². The second-order valence-electron chi connectivity index (χ2n) is 5.21. The molecule has 0 aromatic heterocycles. The first-order chi connectivity index (χ1) is 7.45. The first kappa shape index (κ1) is 13.5. The predicted molar refractivity (Wildman–Crippen MR) is 64.1 cm³/mol. The van der Waals surface area contributed by atoms with Gasteiger partial charge in [-0.2, -0.15) is 0 Å². The van der Waals surface area contributed by atoms with Crippen molar-refractivity contribution in [2.24, 2.45) is 11.7 Å². The normalized spacial score (nSPS) is 26.1. The summed E-state index contributed by atoms with van der Waals surface area (Å²) in [5.41, 5.74) is 5.07.